The Balaban J connectivity index is 3.29. The van der Waals surface area contributed by atoms with Crippen LogP contribution in [0.15, 0.2) is 4.99 Å². The van der Waals surface area contributed by atoms with Gasteiger partial charge >= 0.3 is 44.7 Å². The van der Waals surface area contributed by atoms with E-state index in [0.29, 0.717) is 6.04 Å². The topological polar surface area (TPSA) is 12.4 Å². The summed E-state index contributed by atoms with van der Waals surface area (Å²) in [7, 11) is 0. The zero-order valence-corrected chi connectivity index (χ0v) is 4.83. The molecule has 0 amide bonds. The van der Waals surface area contributed by atoms with Crippen molar-refractivity contribution in [2.75, 3.05) is 0 Å². The molecule has 0 N–H and O–H groups in total. The number of aliphatic imine (C=N–C) groups is 1. The van der Waals surface area contributed by atoms with Gasteiger partial charge in [0.25, 0.3) is 0 Å². The van der Waals surface area contributed by atoms with E-state index in [-0.39, 0.29) is 0 Å². The molecule has 6 heavy (non-hydrogen) atoms. The Morgan fingerprint density at radius 3 is 2.17 bits per heavy atom. The molecule has 0 bridgehead atoms. The van der Waals surface area contributed by atoms with E-state index >= 15 is 0 Å². The molecule has 2 heteroatoms. The average Bonchev–Trinajstić information content (AvgIpc) is 1.35. The fraction of sp³-hybridized carbons (Fsp3) is 0.750. The summed E-state index contributed by atoms with van der Waals surface area (Å²) in [6, 6.07) is 0.318. The Bertz CT molecular complexity index is 71.6. The maximum atomic E-state index is 4.06. The first kappa shape index (κ1) is 6.07. The molecule has 0 saturated carbocycles. The van der Waals surface area contributed by atoms with Crippen molar-refractivity contribution in [1.82, 2.24) is 0 Å². The zero-order valence-electron chi connectivity index (χ0n) is 3.84. The van der Waals surface area contributed by atoms with Crippen molar-refractivity contribution in [3.8, 4) is 0 Å². The molecule has 0 rings (SSSR count). The summed E-state index contributed by atoms with van der Waals surface area (Å²) in [5, 5.41) is 0. The van der Waals surface area contributed by atoms with Gasteiger partial charge in [-0.15, -0.1) is 0 Å². The van der Waals surface area contributed by atoms with Gasteiger partial charge in [-0.05, 0) is 0 Å². The standard InChI is InChI=1S/C4H7N.Ni/c1-4(2)5-3;/h4H,1-2H3;. The molecular formula is C4H7NNi. The minimum atomic E-state index is 0.318. The first-order chi connectivity index (χ1) is 2.77. The molecule has 0 radical (unpaired) electrons. The van der Waals surface area contributed by atoms with Crippen molar-refractivity contribution in [3.05, 3.63) is 0 Å². The van der Waals surface area contributed by atoms with Crippen molar-refractivity contribution in [2.24, 2.45) is 4.99 Å². The van der Waals surface area contributed by atoms with Crippen LogP contribution in [0.3, 0.4) is 0 Å². The van der Waals surface area contributed by atoms with Crippen LogP contribution in [0.4, 0.5) is 0 Å². The molecule has 0 unspecified atom stereocenters. The van der Waals surface area contributed by atoms with Crippen molar-refractivity contribution < 1.29 is 15.0 Å². The zero-order chi connectivity index (χ0) is 4.99. The predicted octanol–water partition coefficient (Wildman–Crippen LogP) is 0.847. The van der Waals surface area contributed by atoms with E-state index in [1.807, 2.05) is 13.8 Å². The number of rotatable bonds is 1. The molecule has 38 valence electrons. The SMILES string of the molecule is CC(C)N=[C]=[Ni]. The fourth-order valence-electron chi connectivity index (χ4n) is 0.0816. The van der Waals surface area contributed by atoms with Crippen molar-refractivity contribution >= 4 is 4.79 Å². The Labute approximate surface area is 45.4 Å². The van der Waals surface area contributed by atoms with Crippen LogP contribution in [0.2, 0.25) is 0 Å². The predicted molar refractivity (Wildman–Crippen MR) is 22.6 cm³/mol. The first-order valence-electron chi connectivity index (χ1n) is 1.79. The second kappa shape index (κ2) is 3.27. The van der Waals surface area contributed by atoms with Gasteiger partial charge in [0.15, 0.2) is 0 Å². The van der Waals surface area contributed by atoms with Gasteiger partial charge < -0.3 is 0 Å². The summed E-state index contributed by atoms with van der Waals surface area (Å²) < 4.78 is 0. The molecule has 0 aromatic rings. The van der Waals surface area contributed by atoms with E-state index in [4.69, 9.17) is 0 Å². The molecule has 0 aliphatic carbocycles. The molecule has 0 saturated heterocycles. The van der Waals surface area contributed by atoms with Crippen LogP contribution < -0.4 is 0 Å². The maximum absolute atomic E-state index is 4.06. The third-order valence-corrected chi connectivity index (χ3v) is 0.427. The summed E-state index contributed by atoms with van der Waals surface area (Å²) in [5.74, 6) is 0. The van der Waals surface area contributed by atoms with E-state index < -0.39 is 0 Å². The molecule has 0 heterocycles. The minimum absolute atomic E-state index is 0.318. The Kier molecular flexibility index (Phi) is 3.31. The quantitative estimate of drug-likeness (QED) is 0.366. The monoisotopic (exact) mass is 127 g/mol. The summed E-state index contributed by atoms with van der Waals surface area (Å²) in [4.78, 5) is 6.03. The van der Waals surface area contributed by atoms with Gasteiger partial charge in [0.05, 0.1) is 0 Å². The summed E-state index contributed by atoms with van der Waals surface area (Å²) in [6.07, 6.45) is 0. The number of nitrogens with zero attached hydrogens (tertiary/aromatic N) is 1. The van der Waals surface area contributed by atoms with Crippen LogP contribution >= 0.6 is 0 Å². The van der Waals surface area contributed by atoms with Gasteiger partial charge in [0, 0.05) is 0 Å². The molecule has 0 aromatic carbocycles. The fourth-order valence-corrected chi connectivity index (χ4v) is 0.337. The number of hydrogen-bond donors (Lipinski definition) is 0. The molecule has 0 aromatic heterocycles. The van der Waals surface area contributed by atoms with Gasteiger partial charge in [0.2, 0.25) is 0 Å². The molecule has 0 atom stereocenters. The molecule has 1 nitrogen and oxygen atoms in total. The van der Waals surface area contributed by atoms with Crippen LogP contribution in [0.5, 0.6) is 0 Å². The molecule has 0 aliphatic rings. The van der Waals surface area contributed by atoms with Crippen molar-refractivity contribution in [3.63, 3.8) is 0 Å². The van der Waals surface area contributed by atoms with Gasteiger partial charge in [-0.25, -0.2) is 0 Å². The van der Waals surface area contributed by atoms with Crippen LogP contribution in [0.25, 0.3) is 0 Å². The Hall–Kier alpha value is 0.0735. The van der Waals surface area contributed by atoms with E-state index in [2.05, 4.69) is 24.8 Å². The normalized spacial score (nSPS) is 8.17. The second-order valence-electron chi connectivity index (χ2n) is 1.29. The van der Waals surface area contributed by atoms with Gasteiger partial charge in [0.1, 0.15) is 0 Å². The Morgan fingerprint density at radius 2 is 2.17 bits per heavy atom. The van der Waals surface area contributed by atoms with Crippen LogP contribution in [-0.4, -0.2) is 10.8 Å². The van der Waals surface area contributed by atoms with E-state index in [9.17, 15) is 0 Å². The molecule has 0 spiro atoms. The first-order valence-corrected chi connectivity index (χ1v) is 2.29. The van der Waals surface area contributed by atoms with Gasteiger partial charge in [-0.3, -0.25) is 0 Å². The molecule has 0 fully saturated rings. The Morgan fingerprint density at radius 1 is 1.67 bits per heavy atom. The van der Waals surface area contributed by atoms with Crippen LogP contribution in [0.1, 0.15) is 13.8 Å². The van der Waals surface area contributed by atoms with Crippen LogP contribution in [0, 0.1) is 0 Å². The van der Waals surface area contributed by atoms with E-state index in [1.165, 1.54) is 0 Å². The van der Waals surface area contributed by atoms with Crippen molar-refractivity contribution in [1.29, 1.82) is 0 Å². The molecular weight excluding hydrogens is 121 g/mol. The van der Waals surface area contributed by atoms with Gasteiger partial charge in [-0.1, -0.05) is 0 Å². The van der Waals surface area contributed by atoms with Crippen LogP contribution in [-0.2, 0) is 15.0 Å². The second-order valence-corrected chi connectivity index (χ2v) is 1.51. The summed E-state index contributed by atoms with van der Waals surface area (Å²) in [6.45, 7) is 3.93. The average molecular weight is 128 g/mol. The third kappa shape index (κ3) is 4.07. The van der Waals surface area contributed by atoms with Crippen molar-refractivity contribution in [2.45, 2.75) is 19.9 Å². The molecule has 0 aliphatic heterocycles. The van der Waals surface area contributed by atoms with E-state index in [1.54, 1.807) is 0 Å². The summed E-state index contributed by atoms with van der Waals surface area (Å²) in [5.41, 5.74) is 0. The summed E-state index contributed by atoms with van der Waals surface area (Å²) >= 11 is 4.06. The number of hydrogen-bond acceptors (Lipinski definition) is 1. The van der Waals surface area contributed by atoms with E-state index in [0.717, 1.165) is 0 Å². The van der Waals surface area contributed by atoms with Gasteiger partial charge in [-0.2, -0.15) is 0 Å². The third-order valence-electron chi connectivity index (χ3n) is 0.299.